The first-order valence-corrected chi connectivity index (χ1v) is 13.8. The number of nitrogens with zero attached hydrogens (tertiary/aromatic N) is 1. The van der Waals surface area contributed by atoms with Gasteiger partial charge in [-0.2, -0.15) is 0 Å². The molecule has 1 atom stereocenters. The zero-order valence-electron chi connectivity index (χ0n) is 22.9. The average molecular weight is 575 g/mol. The van der Waals surface area contributed by atoms with E-state index in [9.17, 15) is 28.8 Å². The van der Waals surface area contributed by atoms with E-state index in [4.69, 9.17) is 0 Å². The molecule has 43 heavy (non-hydrogen) atoms. The third kappa shape index (κ3) is 5.50. The van der Waals surface area contributed by atoms with Crippen molar-refractivity contribution in [1.29, 1.82) is 0 Å². The normalized spacial score (nSPS) is 16.2. The Kier molecular flexibility index (Phi) is 7.25. The van der Waals surface area contributed by atoms with Crippen LogP contribution in [0, 0.1) is 0 Å². The summed E-state index contributed by atoms with van der Waals surface area (Å²) in [5.41, 5.74) is 2.67. The SMILES string of the molecule is O=C1CCC(N2C(=O)c3ccc(C(=O)NCc4ccc(NC(=O)Cc5cccc6ccccc56)cc4)cc3C2=O)C(=O)N1. The van der Waals surface area contributed by atoms with Crippen molar-refractivity contribution in [3.63, 3.8) is 0 Å². The van der Waals surface area contributed by atoms with Gasteiger partial charge in [0, 0.05) is 24.2 Å². The zero-order chi connectivity index (χ0) is 30.1. The molecule has 0 radical (unpaired) electrons. The zero-order valence-corrected chi connectivity index (χ0v) is 22.9. The lowest BCUT2D eigenvalue weighted by atomic mass is 10.0. The number of hydrogen-bond acceptors (Lipinski definition) is 6. The number of rotatable bonds is 7. The van der Waals surface area contributed by atoms with Crippen LogP contribution < -0.4 is 16.0 Å². The molecule has 214 valence electrons. The number of carbonyl (C=O) groups is 6. The minimum atomic E-state index is -1.08. The summed E-state index contributed by atoms with van der Waals surface area (Å²) in [6.07, 6.45) is 0.311. The van der Waals surface area contributed by atoms with Crippen LogP contribution in [-0.4, -0.2) is 46.4 Å². The Hall–Kier alpha value is -5.64. The molecule has 0 bridgehead atoms. The first-order valence-electron chi connectivity index (χ1n) is 13.8. The van der Waals surface area contributed by atoms with Crippen LogP contribution in [0.2, 0.25) is 0 Å². The Morgan fingerprint density at radius 2 is 1.58 bits per heavy atom. The summed E-state index contributed by atoms with van der Waals surface area (Å²) in [6, 6.07) is 24.0. The highest BCUT2D eigenvalue weighted by Crippen LogP contribution is 2.28. The maximum absolute atomic E-state index is 13.0. The molecule has 1 fully saturated rings. The van der Waals surface area contributed by atoms with Crippen LogP contribution in [0.5, 0.6) is 0 Å². The van der Waals surface area contributed by atoms with Gasteiger partial charge in [0.1, 0.15) is 6.04 Å². The van der Waals surface area contributed by atoms with Crippen molar-refractivity contribution in [1.82, 2.24) is 15.5 Å². The highest BCUT2D eigenvalue weighted by molar-refractivity contribution is 6.24. The van der Waals surface area contributed by atoms with Crippen LogP contribution in [0.3, 0.4) is 0 Å². The molecule has 0 aliphatic carbocycles. The van der Waals surface area contributed by atoms with Crippen LogP contribution in [0.1, 0.15) is 55.0 Å². The predicted molar refractivity (Wildman–Crippen MR) is 157 cm³/mol. The van der Waals surface area contributed by atoms with E-state index < -0.39 is 35.6 Å². The molecule has 2 aliphatic rings. The fourth-order valence-corrected chi connectivity index (χ4v) is 5.43. The molecule has 2 aliphatic heterocycles. The van der Waals surface area contributed by atoms with Gasteiger partial charge < -0.3 is 10.6 Å². The molecule has 4 aromatic rings. The molecule has 0 aromatic heterocycles. The van der Waals surface area contributed by atoms with Crippen LogP contribution in [0.15, 0.2) is 84.9 Å². The van der Waals surface area contributed by atoms with E-state index in [0.29, 0.717) is 5.69 Å². The lowest BCUT2D eigenvalue weighted by Crippen LogP contribution is -2.54. The summed E-state index contributed by atoms with van der Waals surface area (Å²) >= 11 is 0. The summed E-state index contributed by atoms with van der Waals surface area (Å²) in [4.78, 5) is 76.1. The predicted octanol–water partition coefficient (Wildman–Crippen LogP) is 3.35. The summed E-state index contributed by atoms with van der Waals surface area (Å²) < 4.78 is 0. The number of amides is 6. The number of fused-ring (bicyclic) bond motifs is 2. The Balaban J connectivity index is 1.05. The molecule has 2 heterocycles. The Labute approximate surface area is 246 Å². The lowest BCUT2D eigenvalue weighted by molar-refractivity contribution is -0.136. The van der Waals surface area contributed by atoms with Crippen molar-refractivity contribution < 1.29 is 28.8 Å². The van der Waals surface area contributed by atoms with Gasteiger partial charge in [-0.3, -0.25) is 39.0 Å². The third-order valence-electron chi connectivity index (χ3n) is 7.62. The smallest absolute Gasteiger partial charge is 0.262 e. The van der Waals surface area contributed by atoms with Gasteiger partial charge in [-0.25, -0.2) is 0 Å². The van der Waals surface area contributed by atoms with Crippen LogP contribution in [0.4, 0.5) is 5.69 Å². The summed E-state index contributed by atoms with van der Waals surface area (Å²) in [7, 11) is 0. The number of nitrogens with one attached hydrogen (secondary N) is 3. The molecule has 0 saturated carbocycles. The quantitative estimate of drug-likeness (QED) is 0.289. The minimum Gasteiger partial charge on any atom is -0.348 e. The summed E-state index contributed by atoms with van der Waals surface area (Å²) in [5, 5.41) is 9.97. The molecule has 10 nitrogen and oxygen atoms in total. The van der Waals surface area contributed by atoms with Crippen molar-refractivity contribution in [2.24, 2.45) is 0 Å². The maximum atomic E-state index is 13.0. The Morgan fingerprint density at radius 3 is 2.37 bits per heavy atom. The first kappa shape index (κ1) is 27.5. The van der Waals surface area contributed by atoms with Crippen molar-refractivity contribution in [2.45, 2.75) is 31.8 Å². The standard InChI is InChI=1S/C33H26N4O6/c38-28-15-14-27(31(41)36-28)37-32(42)25-13-10-22(16-26(25)33(37)43)30(40)34-18-19-8-11-23(12-9-19)35-29(39)17-21-6-3-5-20-4-1-2-7-24(20)21/h1-13,16,27H,14-15,17-18H2,(H,34,40)(H,35,39)(H,36,38,41). The second-order valence-electron chi connectivity index (χ2n) is 10.5. The van der Waals surface area contributed by atoms with Gasteiger partial charge in [0.05, 0.1) is 17.5 Å². The monoisotopic (exact) mass is 574 g/mol. The fraction of sp³-hybridized carbons (Fsp3) is 0.152. The Bertz CT molecular complexity index is 1830. The minimum absolute atomic E-state index is 0.0237. The van der Waals surface area contributed by atoms with Gasteiger partial charge >= 0.3 is 0 Å². The third-order valence-corrected chi connectivity index (χ3v) is 7.62. The number of benzene rings is 4. The number of piperidine rings is 1. The van der Waals surface area contributed by atoms with Crippen LogP contribution >= 0.6 is 0 Å². The highest BCUT2D eigenvalue weighted by Gasteiger charge is 2.44. The molecular formula is C33H26N4O6. The lowest BCUT2D eigenvalue weighted by Gasteiger charge is -2.27. The summed E-state index contributed by atoms with van der Waals surface area (Å²) in [6.45, 7) is 0.190. The average Bonchev–Trinajstić information content (AvgIpc) is 3.25. The molecule has 10 heteroatoms. The molecule has 1 saturated heterocycles. The molecular weight excluding hydrogens is 548 g/mol. The van der Waals surface area contributed by atoms with E-state index in [1.165, 1.54) is 18.2 Å². The largest absolute Gasteiger partial charge is 0.348 e. The Morgan fingerprint density at radius 1 is 0.837 bits per heavy atom. The maximum Gasteiger partial charge on any atom is 0.262 e. The molecule has 1 unspecified atom stereocenters. The van der Waals surface area contributed by atoms with Crippen molar-refractivity contribution >= 4 is 51.9 Å². The van der Waals surface area contributed by atoms with Gasteiger partial charge in [-0.15, -0.1) is 0 Å². The second-order valence-corrected chi connectivity index (χ2v) is 10.5. The van der Waals surface area contributed by atoms with Gasteiger partial charge in [0.2, 0.25) is 17.7 Å². The van der Waals surface area contributed by atoms with E-state index in [-0.39, 0.29) is 48.4 Å². The summed E-state index contributed by atoms with van der Waals surface area (Å²) in [5.74, 6) is -3.05. The van der Waals surface area contributed by atoms with E-state index in [1.807, 2.05) is 42.5 Å². The first-order chi connectivity index (χ1) is 20.8. The molecule has 4 aromatic carbocycles. The molecule has 6 amide bonds. The van der Waals surface area contributed by atoms with E-state index in [1.54, 1.807) is 24.3 Å². The molecule has 0 spiro atoms. The topological polar surface area (TPSA) is 142 Å². The van der Waals surface area contributed by atoms with E-state index in [2.05, 4.69) is 16.0 Å². The van der Waals surface area contributed by atoms with Crippen molar-refractivity contribution in [2.75, 3.05) is 5.32 Å². The van der Waals surface area contributed by atoms with E-state index in [0.717, 1.165) is 26.8 Å². The number of imide groups is 2. The molecule has 6 rings (SSSR count). The number of anilines is 1. The van der Waals surface area contributed by atoms with Gasteiger partial charge in [0.25, 0.3) is 17.7 Å². The number of carbonyl (C=O) groups excluding carboxylic acids is 6. The van der Waals surface area contributed by atoms with Crippen molar-refractivity contribution in [3.05, 3.63) is 113 Å². The van der Waals surface area contributed by atoms with Gasteiger partial charge in [-0.1, -0.05) is 54.6 Å². The van der Waals surface area contributed by atoms with Crippen LogP contribution in [-0.2, 0) is 27.3 Å². The molecule has 3 N–H and O–H groups in total. The van der Waals surface area contributed by atoms with Crippen molar-refractivity contribution in [3.8, 4) is 0 Å². The van der Waals surface area contributed by atoms with E-state index >= 15 is 0 Å². The van der Waals surface area contributed by atoms with Gasteiger partial charge in [-0.05, 0) is 58.7 Å². The fourth-order valence-electron chi connectivity index (χ4n) is 5.43. The number of hydrogen-bond donors (Lipinski definition) is 3. The van der Waals surface area contributed by atoms with Crippen LogP contribution in [0.25, 0.3) is 10.8 Å². The second kappa shape index (κ2) is 11.3. The highest BCUT2D eigenvalue weighted by atomic mass is 16.2. The van der Waals surface area contributed by atoms with Gasteiger partial charge in [0.15, 0.2) is 0 Å².